The molecule has 2 amide bonds. The van der Waals surface area contributed by atoms with Gasteiger partial charge in [0.2, 0.25) is 5.91 Å². The lowest BCUT2D eigenvalue weighted by Crippen LogP contribution is -2.29. The summed E-state index contributed by atoms with van der Waals surface area (Å²) in [6.45, 7) is 2.44. The highest BCUT2D eigenvalue weighted by Crippen LogP contribution is 2.37. The first-order valence-electron chi connectivity index (χ1n) is 11.3. The summed E-state index contributed by atoms with van der Waals surface area (Å²) in [5, 5.41) is 15.7. The molecule has 0 aliphatic heterocycles. The molecule has 0 bridgehead atoms. The number of nitriles is 1. The van der Waals surface area contributed by atoms with Gasteiger partial charge in [0.15, 0.2) is 11.5 Å². The molecule has 0 aliphatic carbocycles. The fourth-order valence-electron chi connectivity index (χ4n) is 3.24. The molecule has 0 radical (unpaired) electrons. The number of nitrogens with zero attached hydrogens (tertiary/aromatic N) is 2. The molecule has 0 saturated heterocycles. The van der Waals surface area contributed by atoms with Crippen molar-refractivity contribution in [2.75, 3.05) is 13.2 Å². The van der Waals surface area contributed by atoms with Crippen LogP contribution in [-0.4, -0.2) is 31.2 Å². The highest BCUT2D eigenvalue weighted by atomic mass is 79.9. The number of hydrazone groups is 1. The third kappa shape index (κ3) is 7.88. The van der Waals surface area contributed by atoms with E-state index in [1.54, 1.807) is 30.3 Å². The van der Waals surface area contributed by atoms with Gasteiger partial charge in [0.25, 0.3) is 5.91 Å². The van der Waals surface area contributed by atoms with Crippen molar-refractivity contribution in [3.63, 3.8) is 0 Å². The molecule has 0 atom stereocenters. The van der Waals surface area contributed by atoms with Crippen molar-refractivity contribution in [3.8, 4) is 17.6 Å². The van der Waals surface area contributed by atoms with Crippen LogP contribution in [0.4, 0.5) is 4.39 Å². The number of nitrogens with one attached hydrogen (secondary N) is 2. The molecule has 0 saturated carbocycles. The molecule has 8 nitrogen and oxygen atoms in total. The molecule has 37 heavy (non-hydrogen) atoms. The average molecular weight is 567 g/mol. The second-order valence-electron chi connectivity index (χ2n) is 7.60. The predicted octanol–water partition coefficient (Wildman–Crippen LogP) is 4.71. The highest BCUT2D eigenvalue weighted by molar-refractivity contribution is 9.10. The number of halogens is 2. The molecule has 0 spiro atoms. The Hall–Kier alpha value is -4.23. The number of hydrogen-bond donors (Lipinski definition) is 2. The van der Waals surface area contributed by atoms with E-state index in [2.05, 4.69) is 37.8 Å². The molecule has 3 aromatic carbocycles. The molecule has 0 aliphatic rings. The molecule has 3 aromatic rings. The largest absolute Gasteiger partial charge is 0.490 e. The Balaban J connectivity index is 1.57. The van der Waals surface area contributed by atoms with Crippen LogP contribution in [0.25, 0.3) is 0 Å². The van der Waals surface area contributed by atoms with Crippen LogP contribution in [0.1, 0.15) is 40.4 Å². The average Bonchev–Trinajstić information content (AvgIpc) is 2.89. The van der Waals surface area contributed by atoms with Gasteiger partial charge in [-0.1, -0.05) is 30.3 Å². The maximum Gasteiger partial charge on any atom is 0.254 e. The summed E-state index contributed by atoms with van der Waals surface area (Å²) in [4.78, 5) is 24.1. The van der Waals surface area contributed by atoms with E-state index in [1.807, 2.05) is 19.1 Å². The predicted molar refractivity (Wildman–Crippen MR) is 140 cm³/mol. The van der Waals surface area contributed by atoms with Crippen LogP contribution in [0.2, 0.25) is 0 Å². The molecule has 3 rings (SSSR count). The molecule has 190 valence electrons. The van der Waals surface area contributed by atoms with Gasteiger partial charge in [-0.25, -0.2) is 9.82 Å². The summed E-state index contributed by atoms with van der Waals surface area (Å²) >= 11 is 3.48. The smallest absolute Gasteiger partial charge is 0.254 e. The number of carbonyl (C=O) groups excluding carboxylic acids is 2. The fraction of sp³-hybridized carbons (Fsp3) is 0.185. The Morgan fingerprint density at radius 2 is 1.89 bits per heavy atom. The topological polar surface area (TPSA) is 113 Å². The summed E-state index contributed by atoms with van der Waals surface area (Å²) in [5.74, 6) is -0.710. The number of ether oxygens (including phenoxy) is 2. The molecule has 0 unspecified atom stereocenters. The summed E-state index contributed by atoms with van der Waals surface area (Å²) in [6.07, 6.45) is 1.40. The minimum Gasteiger partial charge on any atom is -0.490 e. The van der Waals surface area contributed by atoms with Gasteiger partial charge in [-0.05, 0) is 58.7 Å². The zero-order chi connectivity index (χ0) is 26.6. The van der Waals surface area contributed by atoms with Gasteiger partial charge in [0, 0.05) is 18.5 Å². The van der Waals surface area contributed by atoms with Gasteiger partial charge in [-0.15, -0.1) is 0 Å². The maximum atomic E-state index is 13.6. The van der Waals surface area contributed by atoms with E-state index in [0.717, 1.165) is 5.56 Å². The Kier molecular flexibility index (Phi) is 10.2. The third-order valence-electron chi connectivity index (χ3n) is 5.00. The van der Waals surface area contributed by atoms with E-state index < -0.39 is 17.6 Å². The van der Waals surface area contributed by atoms with Crippen molar-refractivity contribution < 1.29 is 23.5 Å². The summed E-state index contributed by atoms with van der Waals surface area (Å²) in [7, 11) is 0. The number of amides is 2. The number of benzene rings is 3. The third-order valence-corrected chi connectivity index (χ3v) is 5.59. The van der Waals surface area contributed by atoms with Crippen LogP contribution in [0.5, 0.6) is 11.5 Å². The van der Waals surface area contributed by atoms with Gasteiger partial charge in [-0.2, -0.15) is 10.4 Å². The zero-order valence-electron chi connectivity index (χ0n) is 20.0. The molecular weight excluding hydrogens is 543 g/mol. The number of hydrogen-bond acceptors (Lipinski definition) is 6. The van der Waals surface area contributed by atoms with Crippen molar-refractivity contribution in [2.45, 2.75) is 20.0 Å². The van der Waals surface area contributed by atoms with Crippen molar-refractivity contribution >= 4 is 34.0 Å². The highest BCUT2D eigenvalue weighted by Gasteiger charge is 2.14. The lowest BCUT2D eigenvalue weighted by atomic mass is 10.1. The minimum absolute atomic E-state index is 0.0233. The fourth-order valence-corrected chi connectivity index (χ4v) is 3.81. The summed E-state index contributed by atoms with van der Waals surface area (Å²) in [6, 6.07) is 18.4. The van der Waals surface area contributed by atoms with Gasteiger partial charge < -0.3 is 14.8 Å². The first-order chi connectivity index (χ1) is 17.9. The monoisotopic (exact) mass is 566 g/mol. The van der Waals surface area contributed by atoms with Crippen LogP contribution >= 0.6 is 15.9 Å². The van der Waals surface area contributed by atoms with Gasteiger partial charge in [0.05, 0.1) is 34.5 Å². The molecule has 0 fully saturated rings. The quantitative estimate of drug-likeness (QED) is 0.258. The Morgan fingerprint density at radius 3 is 2.65 bits per heavy atom. The first kappa shape index (κ1) is 27.4. The van der Waals surface area contributed by atoms with Crippen molar-refractivity contribution in [1.82, 2.24) is 10.7 Å². The molecular formula is C27H24BrFN4O4. The second-order valence-corrected chi connectivity index (χ2v) is 8.45. The maximum absolute atomic E-state index is 13.6. The zero-order valence-corrected chi connectivity index (χ0v) is 21.5. The molecule has 10 heteroatoms. The van der Waals surface area contributed by atoms with E-state index in [4.69, 9.17) is 9.47 Å². The lowest BCUT2D eigenvalue weighted by Gasteiger charge is -2.15. The van der Waals surface area contributed by atoms with E-state index in [9.17, 15) is 19.2 Å². The van der Waals surface area contributed by atoms with Gasteiger partial charge in [0.1, 0.15) is 12.4 Å². The van der Waals surface area contributed by atoms with E-state index in [-0.39, 0.29) is 25.1 Å². The van der Waals surface area contributed by atoms with Crippen LogP contribution in [0, 0.1) is 17.1 Å². The van der Waals surface area contributed by atoms with Crippen molar-refractivity contribution in [1.29, 1.82) is 5.26 Å². The van der Waals surface area contributed by atoms with Crippen LogP contribution in [0.15, 0.2) is 70.2 Å². The summed E-state index contributed by atoms with van der Waals surface area (Å²) < 4.78 is 25.9. The Bertz CT molecular complexity index is 1340. The van der Waals surface area contributed by atoms with Crippen molar-refractivity contribution in [3.05, 3.63) is 93.2 Å². The molecule has 0 heterocycles. The summed E-state index contributed by atoms with van der Waals surface area (Å²) in [5.41, 5.74) is 4.21. The normalized spacial score (nSPS) is 10.5. The minimum atomic E-state index is -0.630. The van der Waals surface area contributed by atoms with E-state index >= 15 is 0 Å². The van der Waals surface area contributed by atoms with E-state index in [1.165, 1.54) is 24.4 Å². The second kappa shape index (κ2) is 13.8. The number of carbonyl (C=O) groups is 2. The van der Waals surface area contributed by atoms with Crippen LogP contribution in [-0.2, 0) is 11.4 Å². The lowest BCUT2D eigenvalue weighted by molar-refractivity contribution is -0.120. The van der Waals surface area contributed by atoms with Crippen molar-refractivity contribution in [2.24, 2.45) is 5.10 Å². The van der Waals surface area contributed by atoms with E-state index in [0.29, 0.717) is 33.7 Å². The molecule has 2 N–H and O–H groups in total. The van der Waals surface area contributed by atoms with Crippen LogP contribution < -0.4 is 20.2 Å². The van der Waals surface area contributed by atoms with Crippen LogP contribution in [0.3, 0.4) is 0 Å². The first-order valence-corrected chi connectivity index (χ1v) is 12.1. The molecule has 0 aromatic heterocycles. The Labute approximate surface area is 222 Å². The standard InChI is InChI=1S/C27H24BrFN4O4/c1-2-36-24-14-18(13-22(28)26(24)37-17-20-8-4-3-7-19(20)15-30)16-32-33-25(34)11-12-31-27(35)21-9-5-6-10-23(21)29/h3-10,13-14,16H,2,11-12,17H2,1H3,(H,31,35)(H,33,34). The van der Waals surface area contributed by atoms with Gasteiger partial charge >= 0.3 is 0 Å². The Morgan fingerprint density at radius 1 is 1.14 bits per heavy atom. The number of rotatable bonds is 11. The SMILES string of the molecule is CCOc1cc(C=NNC(=O)CCNC(=O)c2ccccc2F)cc(Br)c1OCc1ccccc1C#N. The van der Waals surface area contributed by atoms with Gasteiger partial charge in [-0.3, -0.25) is 9.59 Å².